The van der Waals surface area contributed by atoms with Crippen LogP contribution in [0.15, 0.2) is 4.52 Å². The van der Waals surface area contributed by atoms with Crippen molar-refractivity contribution in [2.75, 3.05) is 25.4 Å². The van der Waals surface area contributed by atoms with Crippen LogP contribution in [0.2, 0.25) is 0 Å². The number of amides is 1. The van der Waals surface area contributed by atoms with E-state index in [1.165, 1.54) is 0 Å². The molecule has 1 saturated heterocycles. The average Bonchev–Trinajstić information content (AvgIpc) is 2.70. The normalized spacial score (nSPS) is 18.8. The van der Waals surface area contributed by atoms with Gasteiger partial charge in [-0.25, -0.2) is 0 Å². The molecule has 0 bridgehead atoms. The van der Waals surface area contributed by atoms with E-state index in [1.54, 1.807) is 11.8 Å². The molecule has 1 amide bonds. The monoisotopic (exact) mass is 319 g/mol. The summed E-state index contributed by atoms with van der Waals surface area (Å²) in [5.41, 5.74) is 2.04. The number of nitrogens with zero attached hydrogens (tertiary/aromatic N) is 2. The summed E-state index contributed by atoms with van der Waals surface area (Å²) < 4.78 is 5.12. The summed E-state index contributed by atoms with van der Waals surface area (Å²) in [7, 11) is 0. The third-order valence-electron chi connectivity index (χ3n) is 3.37. The van der Waals surface area contributed by atoms with Crippen LogP contribution >= 0.6 is 24.2 Å². The molecule has 1 fully saturated rings. The van der Waals surface area contributed by atoms with Crippen molar-refractivity contribution in [2.24, 2.45) is 0 Å². The van der Waals surface area contributed by atoms with Gasteiger partial charge in [0.15, 0.2) is 0 Å². The molecule has 0 saturated carbocycles. The minimum atomic E-state index is 0. The lowest BCUT2D eigenvalue weighted by atomic mass is 10.2. The molecule has 0 spiro atoms. The number of hydrogen-bond acceptors (Lipinski definition) is 5. The lowest BCUT2D eigenvalue weighted by Crippen LogP contribution is -2.51. The van der Waals surface area contributed by atoms with E-state index in [4.69, 9.17) is 4.52 Å². The number of thioether (sulfide) groups is 1. The van der Waals surface area contributed by atoms with Gasteiger partial charge in [-0.3, -0.25) is 4.79 Å². The molecule has 1 aliphatic rings. The van der Waals surface area contributed by atoms with Crippen molar-refractivity contribution in [3.8, 4) is 0 Å². The molecule has 1 unspecified atom stereocenters. The fourth-order valence-corrected chi connectivity index (χ4v) is 3.27. The quantitative estimate of drug-likeness (QED) is 0.916. The van der Waals surface area contributed by atoms with E-state index in [2.05, 4.69) is 17.4 Å². The molecule has 20 heavy (non-hydrogen) atoms. The molecular formula is C13H22ClN3O2S. The molecule has 7 heteroatoms. The van der Waals surface area contributed by atoms with Gasteiger partial charge in [-0.05, 0) is 20.8 Å². The number of hydrogen-bond donors (Lipinski definition) is 1. The van der Waals surface area contributed by atoms with Gasteiger partial charge in [0, 0.05) is 37.0 Å². The molecule has 1 aromatic heterocycles. The molecule has 0 radical (unpaired) electrons. The largest absolute Gasteiger partial charge is 0.361 e. The summed E-state index contributed by atoms with van der Waals surface area (Å²) in [6.07, 6.45) is 0. The van der Waals surface area contributed by atoms with Crippen LogP contribution in [0.4, 0.5) is 0 Å². The number of carbonyl (C=O) groups is 1. The fourth-order valence-electron chi connectivity index (χ4n) is 2.20. The zero-order valence-electron chi connectivity index (χ0n) is 12.1. The van der Waals surface area contributed by atoms with Gasteiger partial charge in [0.1, 0.15) is 5.76 Å². The zero-order chi connectivity index (χ0) is 13.8. The van der Waals surface area contributed by atoms with Crippen molar-refractivity contribution in [2.45, 2.75) is 32.6 Å². The predicted octanol–water partition coefficient (Wildman–Crippen LogP) is 1.77. The third kappa shape index (κ3) is 4.40. The topological polar surface area (TPSA) is 58.4 Å². The Balaban J connectivity index is 0.00000200. The summed E-state index contributed by atoms with van der Waals surface area (Å²) >= 11 is 1.63. The third-order valence-corrected chi connectivity index (χ3v) is 4.32. The second-order valence-corrected chi connectivity index (χ2v) is 5.98. The van der Waals surface area contributed by atoms with E-state index < -0.39 is 0 Å². The summed E-state index contributed by atoms with van der Waals surface area (Å²) in [4.78, 5) is 14.0. The van der Waals surface area contributed by atoms with Crippen molar-refractivity contribution < 1.29 is 9.32 Å². The Labute approximate surface area is 130 Å². The zero-order valence-corrected chi connectivity index (χ0v) is 13.8. The molecule has 5 nitrogen and oxygen atoms in total. The van der Waals surface area contributed by atoms with Crippen LogP contribution in [0.1, 0.15) is 23.9 Å². The molecular weight excluding hydrogens is 298 g/mol. The molecule has 1 N–H and O–H groups in total. The van der Waals surface area contributed by atoms with E-state index in [0.29, 0.717) is 11.8 Å². The smallest absolute Gasteiger partial charge is 0.232 e. The molecule has 1 aliphatic heterocycles. The maximum Gasteiger partial charge on any atom is 0.232 e. The van der Waals surface area contributed by atoms with Crippen LogP contribution in [-0.2, 0) is 10.5 Å². The number of aryl methyl sites for hydroxylation is 2. The summed E-state index contributed by atoms with van der Waals surface area (Å²) in [6.45, 7) is 8.47. The SMILES string of the molecule is Cc1noc(C)c1CSCC(=O)N1CCNC(C)C1.Cl. The van der Waals surface area contributed by atoms with Crippen LogP contribution in [0, 0.1) is 13.8 Å². The van der Waals surface area contributed by atoms with Crippen LogP contribution in [0.5, 0.6) is 0 Å². The Bertz CT molecular complexity index is 433. The van der Waals surface area contributed by atoms with Gasteiger partial charge in [0.25, 0.3) is 0 Å². The highest BCUT2D eigenvalue weighted by Crippen LogP contribution is 2.19. The number of carbonyl (C=O) groups excluding carboxylic acids is 1. The number of nitrogens with one attached hydrogen (secondary N) is 1. The van der Waals surface area contributed by atoms with Gasteiger partial charge >= 0.3 is 0 Å². The number of aromatic nitrogens is 1. The van der Waals surface area contributed by atoms with Gasteiger partial charge in [0.05, 0.1) is 11.4 Å². The van der Waals surface area contributed by atoms with Gasteiger partial charge in [-0.1, -0.05) is 5.16 Å². The van der Waals surface area contributed by atoms with E-state index in [-0.39, 0.29) is 18.3 Å². The molecule has 1 aromatic rings. The van der Waals surface area contributed by atoms with E-state index in [9.17, 15) is 4.79 Å². The molecule has 114 valence electrons. The Kier molecular flexibility index (Phi) is 6.85. The molecule has 2 heterocycles. The average molecular weight is 320 g/mol. The van der Waals surface area contributed by atoms with Crippen molar-refractivity contribution >= 4 is 30.1 Å². The predicted molar refractivity (Wildman–Crippen MR) is 83.4 cm³/mol. The molecule has 1 atom stereocenters. The van der Waals surface area contributed by atoms with Crippen LogP contribution in [-0.4, -0.2) is 47.4 Å². The Hall–Kier alpha value is -0.720. The highest BCUT2D eigenvalue weighted by Gasteiger charge is 2.20. The van der Waals surface area contributed by atoms with Crippen molar-refractivity contribution in [3.63, 3.8) is 0 Å². The first-order valence-electron chi connectivity index (χ1n) is 6.58. The summed E-state index contributed by atoms with van der Waals surface area (Å²) in [5, 5.41) is 7.26. The second-order valence-electron chi connectivity index (χ2n) is 4.99. The van der Waals surface area contributed by atoms with Gasteiger partial charge in [-0.15, -0.1) is 24.2 Å². The van der Waals surface area contributed by atoms with Gasteiger partial charge in [-0.2, -0.15) is 0 Å². The fraction of sp³-hybridized carbons (Fsp3) is 0.692. The van der Waals surface area contributed by atoms with E-state index >= 15 is 0 Å². The standard InChI is InChI=1S/C13H21N3O2S.ClH/c1-9-6-16(5-4-14-9)13(17)8-19-7-12-10(2)15-18-11(12)3;/h9,14H,4-8H2,1-3H3;1H. The first-order valence-corrected chi connectivity index (χ1v) is 7.74. The maximum atomic E-state index is 12.1. The van der Waals surface area contributed by atoms with E-state index in [1.807, 2.05) is 18.7 Å². The van der Waals surface area contributed by atoms with Crippen molar-refractivity contribution in [3.05, 3.63) is 17.0 Å². The summed E-state index contributed by atoms with van der Waals surface area (Å²) in [5.74, 6) is 2.39. The lowest BCUT2D eigenvalue weighted by Gasteiger charge is -2.31. The summed E-state index contributed by atoms with van der Waals surface area (Å²) in [6, 6.07) is 0.394. The highest BCUT2D eigenvalue weighted by atomic mass is 35.5. The minimum absolute atomic E-state index is 0. The molecule has 2 rings (SSSR count). The van der Waals surface area contributed by atoms with Crippen molar-refractivity contribution in [1.82, 2.24) is 15.4 Å². The number of rotatable bonds is 4. The number of piperazine rings is 1. The van der Waals surface area contributed by atoms with Gasteiger partial charge < -0.3 is 14.7 Å². The second kappa shape index (κ2) is 7.90. The Morgan fingerprint density at radius 2 is 2.30 bits per heavy atom. The lowest BCUT2D eigenvalue weighted by molar-refractivity contribution is -0.129. The Morgan fingerprint density at radius 1 is 1.55 bits per heavy atom. The minimum Gasteiger partial charge on any atom is -0.361 e. The molecule has 0 aromatic carbocycles. The van der Waals surface area contributed by atoms with Crippen LogP contribution < -0.4 is 5.32 Å². The van der Waals surface area contributed by atoms with Gasteiger partial charge in [0.2, 0.25) is 5.91 Å². The Morgan fingerprint density at radius 3 is 2.90 bits per heavy atom. The van der Waals surface area contributed by atoms with E-state index in [0.717, 1.165) is 42.4 Å². The van der Waals surface area contributed by atoms with Crippen molar-refractivity contribution in [1.29, 1.82) is 0 Å². The maximum absolute atomic E-state index is 12.1. The number of halogens is 1. The first kappa shape index (κ1) is 17.3. The molecule has 0 aliphatic carbocycles. The highest BCUT2D eigenvalue weighted by molar-refractivity contribution is 7.99. The van der Waals surface area contributed by atoms with Crippen LogP contribution in [0.25, 0.3) is 0 Å². The first-order chi connectivity index (χ1) is 9.08. The van der Waals surface area contributed by atoms with Crippen LogP contribution in [0.3, 0.4) is 0 Å².